The van der Waals surface area contributed by atoms with Crippen LogP contribution in [0.2, 0.25) is 18.1 Å². The minimum atomic E-state index is -1.81. The second-order valence-electron chi connectivity index (χ2n) is 6.11. The van der Waals surface area contributed by atoms with Crippen molar-refractivity contribution >= 4 is 14.4 Å². The molecule has 1 aliphatic rings. The zero-order valence-electron chi connectivity index (χ0n) is 11.4. The van der Waals surface area contributed by atoms with Gasteiger partial charge in [0.2, 0.25) is 0 Å². The number of rotatable bonds is 4. The average molecular weight is 257 g/mol. The van der Waals surface area contributed by atoms with Crippen molar-refractivity contribution in [2.45, 2.75) is 44.4 Å². The molecule has 1 fully saturated rings. The molecule has 1 atom stereocenters. The summed E-state index contributed by atoms with van der Waals surface area (Å²) in [5.74, 6) is 0. The molecule has 0 aromatic carbocycles. The van der Waals surface area contributed by atoms with Gasteiger partial charge in [-0.2, -0.15) is 0 Å². The molecule has 0 saturated carbocycles. The summed E-state index contributed by atoms with van der Waals surface area (Å²) in [4.78, 5) is 11.1. The smallest absolute Gasteiger partial charge is 0.408 e. The number of ether oxygens (including phenoxy) is 1. The van der Waals surface area contributed by atoms with E-state index in [1.807, 2.05) is 0 Å². The van der Waals surface area contributed by atoms with Crippen LogP contribution in [-0.4, -0.2) is 33.2 Å². The van der Waals surface area contributed by atoms with Crippen LogP contribution >= 0.6 is 0 Å². The molecule has 0 aliphatic carbocycles. The summed E-state index contributed by atoms with van der Waals surface area (Å²) in [6, 6.07) is 0. The summed E-state index contributed by atoms with van der Waals surface area (Å²) in [6.45, 7) is 15.4. The molecule has 1 aliphatic heterocycles. The molecule has 0 aromatic rings. The molecule has 1 heterocycles. The Morgan fingerprint density at radius 2 is 2.18 bits per heavy atom. The third-order valence-corrected chi connectivity index (χ3v) is 8.18. The molecule has 1 amide bonds. The second kappa shape index (κ2) is 4.46. The van der Waals surface area contributed by atoms with E-state index in [0.29, 0.717) is 13.2 Å². The second-order valence-corrected chi connectivity index (χ2v) is 10.9. The van der Waals surface area contributed by atoms with Gasteiger partial charge in [-0.1, -0.05) is 26.8 Å². The van der Waals surface area contributed by atoms with Crippen LogP contribution in [0, 0.1) is 0 Å². The number of cyclic esters (lactones) is 1. The van der Waals surface area contributed by atoms with Gasteiger partial charge in [0.15, 0.2) is 8.32 Å². The van der Waals surface area contributed by atoms with Gasteiger partial charge in [0.1, 0.15) is 12.1 Å². The molecular weight excluding hydrogens is 234 g/mol. The first-order valence-corrected chi connectivity index (χ1v) is 8.75. The van der Waals surface area contributed by atoms with E-state index < -0.39 is 19.9 Å². The maximum atomic E-state index is 11.1. The molecule has 1 saturated heterocycles. The summed E-state index contributed by atoms with van der Waals surface area (Å²) >= 11 is 0. The molecule has 5 heteroatoms. The van der Waals surface area contributed by atoms with Crippen LogP contribution in [0.1, 0.15) is 20.8 Å². The van der Waals surface area contributed by atoms with Gasteiger partial charge in [-0.15, -0.1) is 6.58 Å². The summed E-state index contributed by atoms with van der Waals surface area (Å²) in [6.07, 6.45) is 1.30. The molecule has 17 heavy (non-hydrogen) atoms. The van der Waals surface area contributed by atoms with E-state index in [1.54, 1.807) is 6.08 Å². The lowest BCUT2D eigenvalue weighted by Gasteiger charge is -2.38. The van der Waals surface area contributed by atoms with Crippen LogP contribution in [0.15, 0.2) is 12.7 Å². The number of hydrogen-bond acceptors (Lipinski definition) is 3. The van der Waals surface area contributed by atoms with Crippen molar-refractivity contribution in [3.05, 3.63) is 12.7 Å². The molecule has 98 valence electrons. The van der Waals surface area contributed by atoms with Crippen molar-refractivity contribution in [3.8, 4) is 0 Å². The number of carbonyl (C=O) groups excluding carboxylic acids is 1. The Balaban J connectivity index is 2.66. The Bertz CT molecular complexity index is 322. The molecule has 0 aromatic heterocycles. The van der Waals surface area contributed by atoms with Crippen molar-refractivity contribution in [2.24, 2.45) is 0 Å². The highest BCUT2D eigenvalue weighted by Gasteiger charge is 2.42. The van der Waals surface area contributed by atoms with Crippen LogP contribution < -0.4 is 5.32 Å². The van der Waals surface area contributed by atoms with Crippen molar-refractivity contribution in [3.63, 3.8) is 0 Å². The van der Waals surface area contributed by atoms with Crippen molar-refractivity contribution in [1.29, 1.82) is 0 Å². The summed E-state index contributed by atoms with van der Waals surface area (Å²) in [5.41, 5.74) is -0.563. The standard InChI is InChI=1S/C12H23NO3Si/c1-7-12(8-15-10(14)13-12)9-16-17(5,6)11(2,3)4/h7H,1,8-9H2,2-6H3,(H,13,14)/t12-/m0/s1. The van der Waals surface area contributed by atoms with E-state index in [0.717, 1.165) is 0 Å². The van der Waals surface area contributed by atoms with E-state index in [1.165, 1.54) is 0 Å². The summed E-state index contributed by atoms with van der Waals surface area (Å²) in [7, 11) is -1.81. The third kappa shape index (κ3) is 3.10. The Morgan fingerprint density at radius 1 is 1.59 bits per heavy atom. The van der Waals surface area contributed by atoms with Gasteiger partial charge in [0.25, 0.3) is 0 Å². The van der Waals surface area contributed by atoms with Crippen LogP contribution in [0.25, 0.3) is 0 Å². The first-order valence-electron chi connectivity index (χ1n) is 5.84. The first kappa shape index (κ1) is 14.2. The normalized spacial score (nSPS) is 25.4. The molecule has 0 bridgehead atoms. The van der Waals surface area contributed by atoms with E-state index in [9.17, 15) is 4.79 Å². The fourth-order valence-electron chi connectivity index (χ4n) is 1.24. The zero-order valence-corrected chi connectivity index (χ0v) is 12.4. The molecule has 1 rings (SSSR count). The molecule has 0 radical (unpaired) electrons. The van der Waals surface area contributed by atoms with E-state index in [-0.39, 0.29) is 5.04 Å². The predicted octanol–water partition coefficient (Wildman–Crippen LogP) is 2.67. The number of carbonyl (C=O) groups is 1. The Kier molecular flexibility index (Phi) is 3.74. The molecule has 1 N–H and O–H groups in total. The van der Waals surface area contributed by atoms with Crippen molar-refractivity contribution in [2.75, 3.05) is 13.2 Å². The van der Waals surface area contributed by atoms with Crippen molar-refractivity contribution in [1.82, 2.24) is 5.32 Å². The van der Waals surface area contributed by atoms with Gasteiger partial charge < -0.3 is 14.5 Å². The van der Waals surface area contributed by atoms with Gasteiger partial charge in [-0.3, -0.25) is 0 Å². The van der Waals surface area contributed by atoms with Gasteiger partial charge in [0.05, 0.1) is 6.61 Å². The quantitative estimate of drug-likeness (QED) is 0.622. The Labute approximate surface area is 105 Å². The van der Waals surface area contributed by atoms with Crippen molar-refractivity contribution < 1.29 is 14.0 Å². The average Bonchev–Trinajstić information content (AvgIpc) is 2.57. The maximum absolute atomic E-state index is 11.1. The number of alkyl carbamates (subject to hydrolysis) is 1. The number of amides is 1. The first-order chi connectivity index (χ1) is 7.62. The van der Waals surface area contributed by atoms with Crippen LogP contribution in [0.5, 0.6) is 0 Å². The minimum absolute atomic E-state index is 0.152. The third-order valence-electron chi connectivity index (χ3n) is 3.70. The van der Waals surface area contributed by atoms with Gasteiger partial charge in [0, 0.05) is 0 Å². The Hall–Kier alpha value is -0.813. The lowest BCUT2D eigenvalue weighted by molar-refractivity contribution is 0.164. The SMILES string of the molecule is C=C[C@@]1(CO[Si](C)(C)C(C)(C)C)COC(=O)N1. The van der Waals surface area contributed by atoms with Gasteiger partial charge >= 0.3 is 6.09 Å². The van der Waals surface area contributed by atoms with E-state index in [4.69, 9.17) is 9.16 Å². The zero-order chi connectivity index (χ0) is 13.3. The van der Waals surface area contributed by atoms with Gasteiger partial charge in [-0.05, 0) is 18.1 Å². The topological polar surface area (TPSA) is 47.6 Å². The number of nitrogens with one attached hydrogen (secondary N) is 1. The highest BCUT2D eigenvalue weighted by Crippen LogP contribution is 2.37. The monoisotopic (exact) mass is 257 g/mol. The largest absolute Gasteiger partial charge is 0.447 e. The van der Waals surface area contributed by atoms with Gasteiger partial charge in [-0.25, -0.2) is 4.79 Å². The molecule has 0 spiro atoms. The molecule has 0 unspecified atom stereocenters. The van der Waals surface area contributed by atoms with Crippen LogP contribution in [-0.2, 0) is 9.16 Å². The van der Waals surface area contributed by atoms with Crippen LogP contribution in [0.3, 0.4) is 0 Å². The Morgan fingerprint density at radius 3 is 2.53 bits per heavy atom. The fourth-order valence-corrected chi connectivity index (χ4v) is 2.29. The minimum Gasteiger partial charge on any atom is -0.447 e. The highest BCUT2D eigenvalue weighted by molar-refractivity contribution is 6.74. The summed E-state index contributed by atoms with van der Waals surface area (Å²) < 4.78 is 11.0. The van der Waals surface area contributed by atoms with E-state index in [2.05, 4.69) is 45.8 Å². The highest BCUT2D eigenvalue weighted by atomic mass is 28.4. The lowest BCUT2D eigenvalue weighted by atomic mass is 10.0. The predicted molar refractivity (Wildman–Crippen MR) is 70.6 cm³/mol. The van der Waals surface area contributed by atoms with Crippen LogP contribution in [0.4, 0.5) is 4.79 Å². The molecular formula is C12H23NO3Si. The fraction of sp³-hybridized carbons (Fsp3) is 0.750. The van der Waals surface area contributed by atoms with E-state index >= 15 is 0 Å². The molecule has 4 nitrogen and oxygen atoms in total. The summed E-state index contributed by atoms with van der Waals surface area (Å²) in [5, 5.41) is 2.91. The lowest BCUT2D eigenvalue weighted by Crippen LogP contribution is -2.51. The maximum Gasteiger partial charge on any atom is 0.408 e. The number of hydrogen-bond donors (Lipinski definition) is 1.